The van der Waals surface area contributed by atoms with Gasteiger partial charge >= 0.3 is 0 Å². The van der Waals surface area contributed by atoms with Crippen LogP contribution in [0, 0.1) is 17.1 Å². The van der Waals surface area contributed by atoms with Gasteiger partial charge in [0.15, 0.2) is 5.78 Å². The first-order valence-electron chi connectivity index (χ1n) is 3.88. The number of nitrogens with zero attached hydrogens (tertiary/aromatic N) is 1. The number of ether oxygens (including phenoxy) is 1. The van der Waals surface area contributed by atoms with Crippen LogP contribution in [0.4, 0.5) is 4.39 Å². The lowest BCUT2D eigenvalue weighted by molar-refractivity contribution is 0.101. The minimum absolute atomic E-state index is 0.0687. The Hall–Kier alpha value is -1.89. The standard InChI is InChI=1S/C10H8FNO2/c1-6(13)8-4-10(14-2)7(5-12)3-9(8)11/h3-4H,1-2H3. The Bertz CT molecular complexity index is 421. The highest BCUT2D eigenvalue weighted by atomic mass is 19.1. The second-order valence-electron chi connectivity index (χ2n) is 2.70. The molecule has 0 saturated heterocycles. The molecule has 0 radical (unpaired) electrons. The molecule has 1 aromatic rings. The molecule has 14 heavy (non-hydrogen) atoms. The topological polar surface area (TPSA) is 50.1 Å². The molecule has 4 heteroatoms. The summed E-state index contributed by atoms with van der Waals surface area (Å²) in [7, 11) is 1.36. The Balaban J connectivity index is 3.39. The van der Waals surface area contributed by atoms with Gasteiger partial charge in [-0.25, -0.2) is 4.39 Å². The van der Waals surface area contributed by atoms with E-state index in [0.717, 1.165) is 6.07 Å². The fourth-order valence-electron chi connectivity index (χ4n) is 1.08. The molecule has 1 aromatic carbocycles. The fraction of sp³-hybridized carbons (Fsp3) is 0.200. The number of benzene rings is 1. The van der Waals surface area contributed by atoms with E-state index in [-0.39, 0.29) is 16.9 Å². The zero-order chi connectivity index (χ0) is 10.7. The number of methoxy groups -OCH3 is 1. The average molecular weight is 193 g/mol. The van der Waals surface area contributed by atoms with Gasteiger partial charge in [0.05, 0.1) is 18.2 Å². The summed E-state index contributed by atoms with van der Waals surface area (Å²) in [6.07, 6.45) is 0. The number of carbonyl (C=O) groups is 1. The van der Waals surface area contributed by atoms with Crippen LogP contribution in [0.2, 0.25) is 0 Å². The van der Waals surface area contributed by atoms with Gasteiger partial charge in [0, 0.05) is 0 Å². The van der Waals surface area contributed by atoms with Crippen molar-refractivity contribution in [2.45, 2.75) is 6.92 Å². The molecular formula is C10H8FNO2. The predicted octanol–water partition coefficient (Wildman–Crippen LogP) is 1.91. The molecule has 0 atom stereocenters. The molecule has 0 unspecified atom stereocenters. The first-order valence-corrected chi connectivity index (χ1v) is 3.88. The van der Waals surface area contributed by atoms with Crippen LogP contribution in [-0.2, 0) is 0 Å². The van der Waals surface area contributed by atoms with Crippen molar-refractivity contribution in [3.8, 4) is 11.8 Å². The molecule has 0 fully saturated rings. The van der Waals surface area contributed by atoms with Crippen LogP contribution in [0.25, 0.3) is 0 Å². The Morgan fingerprint density at radius 1 is 1.57 bits per heavy atom. The lowest BCUT2D eigenvalue weighted by Crippen LogP contribution is -2.00. The van der Waals surface area contributed by atoms with Crippen molar-refractivity contribution in [2.75, 3.05) is 7.11 Å². The molecule has 0 spiro atoms. The van der Waals surface area contributed by atoms with Gasteiger partial charge in [-0.1, -0.05) is 0 Å². The Morgan fingerprint density at radius 3 is 2.64 bits per heavy atom. The largest absolute Gasteiger partial charge is 0.495 e. The van der Waals surface area contributed by atoms with Gasteiger partial charge in [-0.2, -0.15) is 5.26 Å². The third kappa shape index (κ3) is 1.72. The summed E-state index contributed by atoms with van der Waals surface area (Å²) >= 11 is 0. The SMILES string of the molecule is COc1cc(C(C)=O)c(F)cc1C#N. The summed E-state index contributed by atoms with van der Waals surface area (Å²) in [5.74, 6) is -0.890. The lowest BCUT2D eigenvalue weighted by atomic mass is 10.1. The number of carbonyl (C=O) groups excluding carboxylic acids is 1. The lowest BCUT2D eigenvalue weighted by Gasteiger charge is -2.05. The van der Waals surface area contributed by atoms with Gasteiger partial charge < -0.3 is 4.74 Å². The Kier molecular flexibility index (Phi) is 2.82. The van der Waals surface area contributed by atoms with E-state index in [9.17, 15) is 9.18 Å². The maximum absolute atomic E-state index is 13.2. The summed E-state index contributed by atoms with van der Waals surface area (Å²) in [6, 6.07) is 4.01. The number of Topliss-reactive ketones (excluding diaryl/α,β-unsaturated/α-hetero) is 1. The molecule has 72 valence electrons. The van der Waals surface area contributed by atoms with Gasteiger partial charge in [-0.15, -0.1) is 0 Å². The molecule has 3 nitrogen and oxygen atoms in total. The van der Waals surface area contributed by atoms with E-state index < -0.39 is 11.6 Å². The summed E-state index contributed by atoms with van der Waals surface area (Å²) in [5.41, 5.74) is 0.0100. The molecule has 0 N–H and O–H groups in total. The monoisotopic (exact) mass is 193 g/mol. The summed E-state index contributed by atoms with van der Waals surface area (Å²) in [4.78, 5) is 11.0. The van der Waals surface area contributed by atoms with Gasteiger partial charge in [-0.3, -0.25) is 4.79 Å². The third-order valence-electron chi connectivity index (χ3n) is 1.79. The van der Waals surface area contributed by atoms with Gasteiger partial charge in [0.25, 0.3) is 0 Å². The van der Waals surface area contributed by atoms with Crippen molar-refractivity contribution < 1.29 is 13.9 Å². The minimum Gasteiger partial charge on any atom is -0.495 e. The second-order valence-corrected chi connectivity index (χ2v) is 2.70. The van der Waals surface area contributed by atoms with Crippen molar-refractivity contribution >= 4 is 5.78 Å². The number of hydrogen-bond donors (Lipinski definition) is 0. The Morgan fingerprint density at radius 2 is 2.21 bits per heavy atom. The average Bonchev–Trinajstić information content (AvgIpc) is 2.16. The van der Waals surface area contributed by atoms with Crippen LogP contribution in [0.5, 0.6) is 5.75 Å². The molecule has 0 aliphatic carbocycles. The zero-order valence-corrected chi connectivity index (χ0v) is 7.80. The van der Waals surface area contributed by atoms with E-state index in [1.807, 2.05) is 0 Å². The fourth-order valence-corrected chi connectivity index (χ4v) is 1.08. The predicted molar refractivity (Wildman–Crippen MR) is 47.7 cm³/mol. The van der Waals surface area contributed by atoms with Crippen LogP contribution in [0.1, 0.15) is 22.8 Å². The van der Waals surface area contributed by atoms with E-state index in [4.69, 9.17) is 10.00 Å². The van der Waals surface area contributed by atoms with Crippen LogP contribution in [0.15, 0.2) is 12.1 Å². The normalized spacial score (nSPS) is 9.29. The van der Waals surface area contributed by atoms with E-state index in [1.165, 1.54) is 20.1 Å². The van der Waals surface area contributed by atoms with E-state index >= 15 is 0 Å². The molecule has 0 aliphatic heterocycles. The molecule has 0 aliphatic rings. The summed E-state index contributed by atoms with van der Waals surface area (Å²) in [6.45, 7) is 1.25. The highest BCUT2D eigenvalue weighted by molar-refractivity contribution is 5.95. The molecular weight excluding hydrogens is 185 g/mol. The quantitative estimate of drug-likeness (QED) is 0.674. The number of ketones is 1. The van der Waals surface area contributed by atoms with Crippen molar-refractivity contribution in [3.63, 3.8) is 0 Å². The van der Waals surface area contributed by atoms with Crippen molar-refractivity contribution in [1.29, 1.82) is 5.26 Å². The van der Waals surface area contributed by atoms with E-state index in [1.54, 1.807) is 6.07 Å². The molecule has 0 amide bonds. The van der Waals surface area contributed by atoms with Gasteiger partial charge in [0.1, 0.15) is 17.6 Å². The van der Waals surface area contributed by atoms with Crippen molar-refractivity contribution in [1.82, 2.24) is 0 Å². The molecule has 0 bridgehead atoms. The molecule has 0 saturated carbocycles. The van der Waals surface area contributed by atoms with Gasteiger partial charge in [0.2, 0.25) is 0 Å². The van der Waals surface area contributed by atoms with Crippen molar-refractivity contribution in [3.05, 3.63) is 29.1 Å². The van der Waals surface area contributed by atoms with Crippen molar-refractivity contribution in [2.24, 2.45) is 0 Å². The van der Waals surface area contributed by atoms with Crippen LogP contribution >= 0.6 is 0 Å². The molecule has 0 aromatic heterocycles. The molecule has 0 heterocycles. The molecule has 1 rings (SSSR count). The number of halogens is 1. The van der Waals surface area contributed by atoms with E-state index in [2.05, 4.69) is 0 Å². The Labute approximate surface area is 80.7 Å². The first-order chi connectivity index (χ1) is 6.60. The zero-order valence-electron chi connectivity index (χ0n) is 7.80. The van der Waals surface area contributed by atoms with E-state index in [0.29, 0.717) is 0 Å². The van der Waals surface area contributed by atoms with Gasteiger partial charge in [-0.05, 0) is 19.1 Å². The van der Waals surface area contributed by atoms with Crippen LogP contribution < -0.4 is 4.74 Å². The summed E-state index contributed by atoms with van der Waals surface area (Å²) in [5, 5.41) is 8.62. The second kappa shape index (κ2) is 3.88. The minimum atomic E-state index is -0.699. The number of nitriles is 1. The first kappa shape index (κ1) is 10.2. The van der Waals surface area contributed by atoms with Crippen LogP contribution in [0.3, 0.4) is 0 Å². The number of hydrogen-bond acceptors (Lipinski definition) is 3. The highest BCUT2D eigenvalue weighted by Gasteiger charge is 2.12. The summed E-state index contributed by atoms with van der Waals surface area (Å²) < 4.78 is 18.0. The smallest absolute Gasteiger partial charge is 0.162 e. The highest BCUT2D eigenvalue weighted by Crippen LogP contribution is 2.22. The van der Waals surface area contributed by atoms with Crippen LogP contribution in [-0.4, -0.2) is 12.9 Å². The maximum Gasteiger partial charge on any atom is 0.162 e. The maximum atomic E-state index is 13.2. The third-order valence-corrected chi connectivity index (χ3v) is 1.79. The number of rotatable bonds is 2.